The predicted octanol–water partition coefficient (Wildman–Crippen LogP) is 3.69. The molecule has 2 rings (SSSR count). The zero-order chi connectivity index (χ0) is 15.1. The molecule has 0 aliphatic rings. The van der Waals surface area contributed by atoms with Crippen LogP contribution >= 0.6 is 0 Å². The number of benzene rings is 2. The van der Waals surface area contributed by atoms with Gasteiger partial charge in [-0.1, -0.05) is 67.6 Å². The largest absolute Gasteiger partial charge is 0.329 e. The lowest BCUT2D eigenvalue weighted by atomic mass is 9.86. The number of nitrogens with one attached hydrogen (secondary N) is 1. The standard InChI is InChI=1S/C19H26N2/c1-3-19(15-20,14-17-10-6-4-7-11-17)21-16(2)18-12-8-5-9-13-18/h4-13,16,21H,3,14-15,20H2,1-2H3. The third-order valence-corrected chi connectivity index (χ3v) is 4.28. The van der Waals surface area contributed by atoms with Crippen molar-refractivity contribution in [3.8, 4) is 0 Å². The third kappa shape index (κ3) is 4.16. The lowest BCUT2D eigenvalue weighted by Crippen LogP contribution is -2.53. The van der Waals surface area contributed by atoms with E-state index in [2.05, 4.69) is 79.8 Å². The molecule has 3 N–H and O–H groups in total. The van der Waals surface area contributed by atoms with Crippen molar-refractivity contribution in [2.24, 2.45) is 5.73 Å². The highest BCUT2D eigenvalue weighted by Crippen LogP contribution is 2.22. The van der Waals surface area contributed by atoms with Crippen LogP contribution in [-0.4, -0.2) is 12.1 Å². The molecule has 0 radical (unpaired) electrons. The van der Waals surface area contributed by atoms with Crippen molar-refractivity contribution in [3.05, 3.63) is 71.8 Å². The predicted molar refractivity (Wildman–Crippen MR) is 90.2 cm³/mol. The molecular weight excluding hydrogens is 256 g/mol. The summed E-state index contributed by atoms with van der Waals surface area (Å²) in [6.45, 7) is 5.05. The summed E-state index contributed by atoms with van der Waals surface area (Å²) < 4.78 is 0. The molecule has 2 nitrogen and oxygen atoms in total. The summed E-state index contributed by atoms with van der Waals surface area (Å²) in [6, 6.07) is 21.4. The minimum absolute atomic E-state index is 0.0589. The average molecular weight is 282 g/mol. The molecule has 2 heteroatoms. The molecule has 0 bridgehead atoms. The molecule has 0 aliphatic carbocycles. The van der Waals surface area contributed by atoms with E-state index in [1.165, 1.54) is 11.1 Å². The molecule has 112 valence electrons. The van der Waals surface area contributed by atoms with Crippen molar-refractivity contribution in [2.75, 3.05) is 6.54 Å². The number of hydrogen-bond donors (Lipinski definition) is 2. The van der Waals surface area contributed by atoms with E-state index in [0.29, 0.717) is 12.6 Å². The molecule has 2 aromatic carbocycles. The van der Waals surface area contributed by atoms with Crippen LogP contribution in [0.15, 0.2) is 60.7 Å². The summed E-state index contributed by atoms with van der Waals surface area (Å²) in [6.07, 6.45) is 1.97. The van der Waals surface area contributed by atoms with Gasteiger partial charge in [-0.25, -0.2) is 0 Å². The van der Waals surface area contributed by atoms with Crippen LogP contribution in [0.2, 0.25) is 0 Å². The van der Waals surface area contributed by atoms with E-state index in [-0.39, 0.29) is 5.54 Å². The van der Waals surface area contributed by atoms with E-state index >= 15 is 0 Å². The molecule has 21 heavy (non-hydrogen) atoms. The highest BCUT2D eigenvalue weighted by molar-refractivity contribution is 5.21. The van der Waals surface area contributed by atoms with Gasteiger partial charge in [-0.15, -0.1) is 0 Å². The van der Waals surface area contributed by atoms with Gasteiger partial charge in [-0.2, -0.15) is 0 Å². The second kappa shape index (κ2) is 7.39. The van der Waals surface area contributed by atoms with Gasteiger partial charge in [0.05, 0.1) is 0 Å². The van der Waals surface area contributed by atoms with Crippen LogP contribution in [-0.2, 0) is 6.42 Å². The maximum absolute atomic E-state index is 6.13. The van der Waals surface area contributed by atoms with Crippen LogP contribution < -0.4 is 11.1 Å². The summed E-state index contributed by atoms with van der Waals surface area (Å²) in [4.78, 5) is 0. The summed E-state index contributed by atoms with van der Waals surface area (Å²) >= 11 is 0. The van der Waals surface area contributed by atoms with Crippen molar-refractivity contribution < 1.29 is 0 Å². The van der Waals surface area contributed by atoms with Crippen molar-refractivity contribution in [3.63, 3.8) is 0 Å². The molecule has 0 spiro atoms. The van der Waals surface area contributed by atoms with Gasteiger partial charge in [0.2, 0.25) is 0 Å². The Hall–Kier alpha value is -1.64. The Bertz CT molecular complexity index is 518. The summed E-state index contributed by atoms with van der Waals surface area (Å²) in [5, 5.41) is 3.77. The molecule has 0 saturated heterocycles. The Morgan fingerprint density at radius 1 is 1.00 bits per heavy atom. The fourth-order valence-electron chi connectivity index (χ4n) is 2.82. The molecule has 0 heterocycles. The Morgan fingerprint density at radius 2 is 1.57 bits per heavy atom. The average Bonchev–Trinajstić information content (AvgIpc) is 2.56. The Kier molecular flexibility index (Phi) is 5.54. The van der Waals surface area contributed by atoms with Gasteiger partial charge in [0.1, 0.15) is 0 Å². The van der Waals surface area contributed by atoms with Crippen LogP contribution in [0.4, 0.5) is 0 Å². The Balaban J connectivity index is 2.14. The van der Waals surface area contributed by atoms with E-state index in [0.717, 1.165) is 12.8 Å². The molecule has 0 aliphatic heterocycles. The van der Waals surface area contributed by atoms with E-state index in [9.17, 15) is 0 Å². The quantitative estimate of drug-likeness (QED) is 0.813. The van der Waals surface area contributed by atoms with Crippen molar-refractivity contribution >= 4 is 0 Å². The highest BCUT2D eigenvalue weighted by Gasteiger charge is 2.28. The zero-order valence-corrected chi connectivity index (χ0v) is 13.0. The maximum Gasteiger partial charge on any atom is 0.0347 e. The summed E-state index contributed by atoms with van der Waals surface area (Å²) in [5.74, 6) is 0. The molecule has 2 unspecified atom stereocenters. The number of hydrogen-bond acceptors (Lipinski definition) is 2. The molecule has 0 saturated carbocycles. The Morgan fingerprint density at radius 3 is 2.10 bits per heavy atom. The minimum Gasteiger partial charge on any atom is -0.329 e. The molecule has 2 atom stereocenters. The van der Waals surface area contributed by atoms with E-state index < -0.39 is 0 Å². The molecule has 2 aromatic rings. The van der Waals surface area contributed by atoms with Gasteiger partial charge < -0.3 is 11.1 Å². The van der Waals surface area contributed by atoms with Crippen LogP contribution in [0, 0.1) is 0 Å². The molecule has 0 fully saturated rings. The number of rotatable bonds is 7. The van der Waals surface area contributed by atoms with Crippen molar-refractivity contribution in [1.29, 1.82) is 0 Å². The molecular formula is C19H26N2. The van der Waals surface area contributed by atoms with Gasteiger partial charge in [-0.3, -0.25) is 0 Å². The first-order chi connectivity index (χ1) is 10.2. The first kappa shape index (κ1) is 15.7. The second-order valence-electron chi connectivity index (χ2n) is 5.78. The smallest absolute Gasteiger partial charge is 0.0347 e. The van der Waals surface area contributed by atoms with Crippen molar-refractivity contribution in [2.45, 2.75) is 38.3 Å². The fraction of sp³-hybridized carbons (Fsp3) is 0.368. The first-order valence-electron chi connectivity index (χ1n) is 7.76. The van der Waals surface area contributed by atoms with Crippen molar-refractivity contribution in [1.82, 2.24) is 5.32 Å². The van der Waals surface area contributed by atoms with Crippen LogP contribution in [0.3, 0.4) is 0 Å². The summed E-state index contributed by atoms with van der Waals surface area (Å²) in [7, 11) is 0. The van der Waals surface area contributed by atoms with E-state index in [4.69, 9.17) is 5.73 Å². The monoisotopic (exact) mass is 282 g/mol. The van der Waals surface area contributed by atoms with Gasteiger partial charge in [-0.05, 0) is 30.9 Å². The van der Waals surface area contributed by atoms with Gasteiger partial charge in [0.25, 0.3) is 0 Å². The van der Waals surface area contributed by atoms with Crippen LogP contribution in [0.1, 0.15) is 37.4 Å². The lowest BCUT2D eigenvalue weighted by molar-refractivity contribution is 0.287. The SMILES string of the molecule is CCC(CN)(Cc1ccccc1)NC(C)c1ccccc1. The Labute approximate surface area is 128 Å². The fourth-order valence-corrected chi connectivity index (χ4v) is 2.82. The topological polar surface area (TPSA) is 38.0 Å². The number of nitrogens with two attached hydrogens (primary N) is 1. The molecule has 0 amide bonds. The van der Waals surface area contributed by atoms with E-state index in [1.807, 2.05) is 0 Å². The van der Waals surface area contributed by atoms with Gasteiger partial charge in [0, 0.05) is 18.1 Å². The van der Waals surface area contributed by atoms with Gasteiger partial charge >= 0.3 is 0 Å². The molecule has 0 aromatic heterocycles. The summed E-state index contributed by atoms with van der Waals surface area (Å²) in [5.41, 5.74) is 8.70. The third-order valence-electron chi connectivity index (χ3n) is 4.28. The second-order valence-corrected chi connectivity index (χ2v) is 5.78. The lowest BCUT2D eigenvalue weighted by Gasteiger charge is -2.36. The van der Waals surface area contributed by atoms with Gasteiger partial charge in [0.15, 0.2) is 0 Å². The normalized spacial score (nSPS) is 15.4. The van der Waals surface area contributed by atoms with Crippen LogP contribution in [0.5, 0.6) is 0 Å². The minimum atomic E-state index is -0.0589. The highest BCUT2D eigenvalue weighted by atomic mass is 15.0. The maximum atomic E-state index is 6.13. The first-order valence-corrected chi connectivity index (χ1v) is 7.76. The van der Waals surface area contributed by atoms with E-state index in [1.54, 1.807) is 0 Å². The zero-order valence-electron chi connectivity index (χ0n) is 13.0. The van der Waals surface area contributed by atoms with Crippen LogP contribution in [0.25, 0.3) is 0 Å².